The van der Waals surface area contributed by atoms with Gasteiger partial charge in [-0.2, -0.15) is 0 Å². The van der Waals surface area contributed by atoms with Gasteiger partial charge in [0.15, 0.2) is 0 Å². The summed E-state index contributed by atoms with van der Waals surface area (Å²) in [5.41, 5.74) is 0. The Hall–Kier alpha value is -0.980. The van der Waals surface area contributed by atoms with E-state index in [-0.39, 0.29) is 0 Å². The third kappa shape index (κ3) is 3.08. The minimum absolute atomic E-state index is 1.13. The topological polar surface area (TPSA) is 3.24 Å². The standard InChI is InChI=1S/C10H15N/c1-2-8-11-9-6-4-3-5-7-10-11/h2-4,6,8-9H,5,7,10H2,1H3. The fraction of sp³-hybridized carbons (Fsp3) is 0.400. The predicted molar refractivity (Wildman–Crippen MR) is 49.0 cm³/mol. The average molecular weight is 149 g/mol. The summed E-state index contributed by atoms with van der Waals surface area (Å²) in [6.45, 7) is 3.17. The molecule has 11 heavy (non-hydrogen) atoms. The van der Waals surface area contributed by atoms with Gasteiger partial charge in [-0.05, 0) is 32.0 Å². The predicted octanol–water partition coefficient (Wildman–Crippen LogP) is 2.69. The number of allylic oxidation sites excluding steroid dienone is 4. The minimum atomic E-state index is 1.13. The fourth-order valence-corrected chi connectivity index (χ4v) is 1.12. The third-order valence-electron chi connectivity index (χ3n) is 1.65. The van der Waals surface area contributed by atoms with Crippen LogP contribution in [0.3, 0.4) is 0 Å². The first-order valence-corrected chi connectivity index (χ1v) is 4.15. The van der Waals surface area contributed by atoms with E-state index in [0.717, 1.165) is 6.54 Å². The van der Waals surface area contributed by atoms with Gasteiger partial charge in [0.05, 0.1) is 0 Å². The molecule has 1 nitrogen and oxygen atoms in total. The number of hydrogen-bond acceptors (Lipinski definition) is 1. The van der Waals surface area contributed by atoms with E-state index in [4.69, 9.17) is 0 Å². The van der Waals surface area contributed by atoms with E-state index < -0.39 is 0 Å². The highest BCUT2D eigenvalue weighted by molar-refractivity contribution is 5.05. The molecule has 0 amide bonds. The van der Waals surface area contributed by atoms with E-state index in [1.807, 2.05) is 6.92 Å². The largest absolute Gasteiger partial charge is 0.355 e. The second-order valence-corrected chi connectivity index (χ2v) is 2.63. The lowest BCUT2D eigenvalue weighted by molar-refractivity contribution is 0.488. The summed E-state index contributed by atoms with van der Waals surface area (Å²) in [5.74, 6) is 0. The van der Waals surface area contributed by atoms with Gasteiger partial charge in [0.2, 0.25) is 0 Å². The van der Waals surface area contributed by atoms with Crippen LogP contribution >= 0.6 is 0 Å². The maximum Gasteiger partial charge on any atom is 0.0222 e. The van der Waals surface area contributed by atoms with E-state index in [0.29, 0.717) is 0 Å². The summed E-state index contributed by atoms with van der Waals surface area (Å²) in [6, 6.07) is 0. The lowest BCUT2D eigenvalue weighted by atomic mass is 10.2. The smallest absolute Gasteiger partial charge is 0.0222 e. The van der Waals surface area contributed by atoms with E-state index >= 15 is 0 Å². The Balaban J connectivity index is 2.50. The molecule has 1 heteroatoms. The van der Waals surface area contributed by atoms with Crippen molar-refractivity contribution in [1.82, 2.24) is 4.90 Å². The zero-order chi connectivity index (χ0) is 7.94. The lowest BCUT2D eigenvalue weighted by Crippen LogP contribution is -2.11. The Morgan fingerprint density at radius 2 is 2.27 bits per heavy atom. The summed E-state index contributed by atoms with van der Waals surface area (Å²) < 4.78 is 0. The van der Waals surface area contributed by atoms with Gasteiger partial charge in [-0.15, -0.1) is 0 Å². The molecule has 0 saturated heterocycles. The van der Waals surface area contributed by atoms with Crippen LogP contribution in [0.25, 0.3) is 0 Å². The van der Waals surface area contributed by atoms with Crippen molar-refractivity contribution in [3.63, 3.8) is 0 Å². The second-order valence-electron chi connectivity index (χ2n) is 2.63. The molecule has 0 aromatic rings. The van der Waals surface area contributed by atoms with E-state index in [1.165, 1.54) is 12.8 Å². The Morgan fingerprint density at radius 3 is 3.09 bits per heavy atom. The van der Waals surface area contributed by atoms with Gasteiger partial charge in [-0.3, -0.25) is 0 Å². The summed E-state index contributed by atoms with van der Waals surface area (Å²) in [7, 11) is 0. The molecule has 0 unspecified atom stereocenters. The Labute approximate surface area is 68.7 Å². The zero-order valence-corrected chi connectivity index (χ0v) is 7.03. The third-order valence-corrected chi connectivity index (χ3v) is 1.65. The summed E-state index contributed by atoms with van der Waals surface area (Å²) >= 11 is 0. The van der Waals surface area contributed by atoms with Crippen molar-refractivity contribution in [1.29, 1.82) is 0 Å². The van der Waals surface area contributed by atoms with Crippen molar-refractivity contribution < 1.29 is 0 Å². The lowest BCUT2D eigenvalue weighted by Gasteiger charge is -2.15. The molecule has 1 heterocycles. The van der Waals surface area contributed by atoms with Crippen molar-refractivity contribution in [2.24, 2.45) is 0 Å². The molecule has 0 radical (unpaired) electrons. The van der Waals surface area contributed by atoms with Crippen LogP contribution in [0.2, 0.25) is 0 Å². The Kier molecular flexibility index (Phi) is 3.53. The highest BCUT2D eigenvalue weighted by Gasteiger charge is 1.93. The number of rotatable bonds is 1. The molecule has 0 spiro atoms. The summed E-state index contributed by atoms with van der Waals surface area (Å²) in [5, 5.41) is 0. The highest BCUT2D eigenvalue weighted by atomic mass is 15.1. The first-order chi connectivity index (χ1) is 5.43. The normalized spacial score (nSPS) is 18.8. The molecule has 0 aromatic carbocycles. The monoisotopic (exact) mass is 149 g/mol. The van der Waals surface area contributed by atoms with Crippen molar-refractivity contribution in [2.75, 3.05) is 6.54 Å². The molecule has 0 N–H and O–H groups in total. The average Bonchev–Trinajstić information content (AvgIpc) is 1.94. The first-order valence-electron chi connectivity index (χ1n) is 4.15. The van der Waals surface area contributed by atoms with E-state index in [1.54, 1.807) is 0 Å². The molecule has 60 valence electrons. The molecule has 1 rings (SSSR count). The van der Waals surface area contributed by atoms with Gasteiger partial charge < -0.3 is 4.90 Å². The van der Waals surface area contributed by atoms with Crippen molar-refractivity contribution in [3.05, 3.63) is 36.7 Å². The molecule has 1 aliphatic rings. The Morgan fingerprint density at radius 1 is 1.36 bits per heavy atom. The van der Waals surface area contributed by atoms with Crippen LogP contribution < -0.4 is 0 Å². The second kappa shape index (κ2) is 4.78. The number of nitrogens with zero attached hydrogens (tertiary/aromatic N) is 1. The van der Waals surface area contributed by atoms with Crippen molar-refractivity contribution >= 4 is 0 Å². The molecule has 0 bridgehead atoms. The van der Waals surface area contributed by atoms with Gasteiger partial charge >= 0.3 is 0 Å². The molecular formula is C10H15N. The molecule has 1 aliphatic heterocycles. The van der Waals surface area contributed by atoms with Crippen LogP contribution in [-0.2, 0) is 0 Å². The summed E-state index contributed by atoms with van der Waals surface area (Å²) in [6.07, 6.45) is 15.1. The van der Waals surface area contributed by atoms with E-state index in [2.05, 4.69) is 41.6 Å². The van der Waals surface area contributed by atoms with Crippen LogP contribution in [-0.4, -0.2) is 11.4 Å². The quantitative estimate of drug-likeness (QED) is 0.554. The van der Waals surface area contributed by atoms with Gasteiger partial charge in [-0.1, -0.05) is 18.2 Å². The van der Waals surface area contributed by atoms with Crippen molar-refractivity contribution in [2.45, 2.75) is 19.8 Å². The van der Waals surface area contributed by atoms with Crippen LogP contribution in [0.15, 0.2) is 36.7 Å². The molecule has 0 saturated carbocycles. The molecule has 0 atom stereocenters. The Bertz CT molecular complexity index is 177. The summed E-state index contributed by atoms with van der Waals surface area (Å²) in [4.78, 5) is 2.21. The molecular weight excluding hydrogens is 134 g/mol. The highest BCUT2D eigenvalue weighted by Crippen LogP contribution is 2.02. The van der Waals surface area contributed by atoms with Crippen molar-refractivity contribution in [3.8, 4) is 0 Å². The van der Waals surface area contributed by atoms with Crippen LogP contribution in [0, 0.1) is 0 Å². The van der Waals surface area contributed by atoms with E-state index in [9.17, 15) is 0 Å². The van der Waals surface area contributed by atoms with Gasteiger partial charge in [0.1, 0.15) is 0 Å². The maximum absolute atomic E-state index is 2.21. The maximum atomic E-state index is 2.21. The van der Waals surface area contributed by atoms with Crippen LogP contribution in [0.1, 0.15) is 19.8 Å². The van der Waals surface area contributed by atoms with Crippen LogP contribution in [0.4, 0.5) is 0 Å². The molecule has 0 aromatic heterocycles. The van der Waals surface area contributed by atoms with Crippen LogP contribution in [0.5, 0.6) is 0 Å². The fourth-order valence-electron chi connectivity index (χ4n) is 1.12. The van der Waals surface area contributed by atoms with Gasteiger partial charge in [0, 0.05) is 12.7 Å². The van der Waals surface area contributed by atoms with Gasteiger partial charge in [0.25, 0.3) is 0 Å². The first kappa shape index (κ1) is 8.12. The van der Waals surface area contributed by atoms with Gasteiger partial charge in [-0.25, -0.2) is 0 Å². The number of hydrogen-bond donors (Lipinski definition) is 0. The minimum Gasteiger partial charge on any atom is -0.355 e. The zero-order valence-electron chi connectivity index (χ0n) is 7.03. The molecule has 0 fully saturated rings. The molecule has 0 aliphatic carbocycles. The SMILES string of the molecule is CC=CN1C=CC=CCCC1.